The third kappa shape index (κ3) is 7.66. The average Bonchev–Trinajstić information content (AvgIpc) is 3.24. The average molecular weight is 484 g/mol. The van der Waals surface area contributed by atoms with E-state index in [1.807, 2.05) is 36.4 Å². The van der Waals surface area contributed by atoms with Crippen molar-refractivity contribution < 1.29 is 33.3 Å². The Morgan fingerprint density at radius 3 is 2.20 bits per heavy atom. The lowest BCUT2D eigenvalue weighted by atomic mass is 10.1. The first-order chi connectivity index (χ1) is 16.6. The van der Waals surface area contributed by atoms with Crippen LogP contribution < -0.4 is 20.1 Å². The second-order valence-corrected chi connectivity index (χ2v) is 8.47. The summed E-state index contributed by atoms with van der Waals surface area (Å²) in [6.07, 6.45) is -1.67. The van der Waals surface area contributed by atoms with Crippen molar-refractivity contribution in [3.8, 4) is 34.1 Å². The third-order valence-corrected chi connectivity index (χ3v) is 4.58. The molecule has 0 aliphatic heterocycles. The second kappa shape index (κ2) is 11.3. The minimum Gasteiger partial charge on any atom is -0.497 e. The maximum atomic E-state index is 11.7. The lowest BCUT2D eigenvalue weighted by molar-refractivity contribution is 0.0520. The predicted octanol–water partition coefficient (Wildman–Crippen LogP) is 4.69. The molecule has 35 heavy (non-hydrogen) atoms. The van der Waals surface area contributed by atoms with Crippen molar-refractivity contribution >= 4 is 12.2 Å². The number of hydrogen-bond donors (Lipinski definition) is 3. The maximum absolute atomic E-state index is 11.7. The molecule has 0 spiro atoms. The molecule has 0 bridgehead atoms. The van der Waals surface area contributed by atoms with E-state index in [2.05, 4.69) is 15.6 Å². The smallest absolute Gasteiger partial charge is 0.407 e. The van der Waals surface area contributed by atoms with Crippen molar-refractivity contribution in [3.63, 3.8) is 0 Å². The Labute approximate surface area is 203 Å². The van der Waals surface area contributed by atoms with Gasteiger partial charge in [0.25, 0.3) is 0 Å². The van der Waals surface area contributed by atoms with E-state index in [9.17, 15) is 9.59 Å². The largest absolute Gasteiger partial charge is 0.497 e. The number of carbonyl (C=O) groups excluding carboxylic acids is 1. The Hall–Kier alpha value is -4.21. The number of benzene rings is 2. The molecule has 3 aromatic rings. The molecule has 2 aromatic carbocycles. The van der Waals surface area contributed by atoms with Gasteiger partial charge in [0.1, 0.15) is 29.4 Å². The van der Waals surface area contributed by atoms with Crippen LogP contribution in [0.5, 0.6) is 11.5 Å². The van der Waals surface area contributed by atoms with Gasteiger partial charge < -0.3 is 34.4 Å². The van der Waals surface area contributed by atoms with Gasteiger partial charge in [-0.3, -0.25) is 0 Å². The molecule has 186 valence electrons. The van der Waals surface area contributed by atoms with Gasteiger partial charge in [-0.05, 0) is 69.3 Å². The van der Waals surface area contributed by atoms with E-state index in [1.54, 1.807) is 40.0 Å². The van der Waals surface area contributed by atoms with Crippen LogP contribution in [0.2, 0.25) is 0 Å². The van der Waals surface area contributed by atoms with Crippen molar-refractivity contribution in [2.24, 2.45) is 0 Å². The van der Waals surface area contributed by atoms with E-state index in [4.69, 9.17) is 23.7 Å². The SMILES string of the molecule is COc1ccc(-c2nc(CNC(=O)O)oc2-c2ccc(OCCNC(=O)OC(C)(C)C)cc2)cc1. The first kappa shape index (κ1) is 25.4. The van der Waals surface area contributed by atoms with Gasteiger partial charge in [-0.2, -0.15) is 0 Å². The maximum Gasteiger partial charge on any atom is 0.407 e. The molecule has 0 fully saturated rings. The number of carbonyl (C=O) groups is 2. The minimum atomic E-state index is -1.17. The monoisotopic (exact) mass is 483 g/mol. The van der Waals surface area contributed by atoms with Crippen molar-refractivity contribution in [1.82, 2.24) is 15.6 Å². The summed E-state index contributed by atoms with van der Waals surface area (Å²) < 4.78 is 22.0. The molecule has 3 N–H and O–H groups in total. The van der Waals surface area contributed by atoms with Gasteiger partial charge in [-0.25, -0.2) is 14.6 Å². The zero-order valence-electron chi connectivity index (χ0n) is 20.1. The van der Waals surface area contributed by atoms with Crippen LogP contribution in [-0.2, 0) is 11.3 Å². The van der Waals surface area contributed by atoms with Crippen molar-refractivity contribution in [1.29, 1.82) is 0 Å². The van der Waals surface area contributed by atoms with Gasteiger partial charge in [0.2, 0.25) is 5.89 Å². The number of rotatable bonds is 9. The summed E-state index contributed by atoms with van der Waals surface area (Å²) in [4.78, 5) is 27.1. The molecule has 0 aliphatic carbocycles. The van der Waals surface area contributed by atoms with Gasteiger partial charge in [0, 0.05) is 11.1 Å². The molecule has 2 amide bonds. The molecular formula is C25H29N3O7. The van der Waals surface area contributed by atoms with Crippen LogP contribution in [0.1, 0.15) is 26.7 Å². The van der Waals surface area contributed by atoms with Crippen LogP contribution in [0.4, 0.5) is 9.59 Å². The Balaban J connectivity index is 1.70. The molecule has 0 saturated heterocycles. The number of hydrogen-bond acceptors (Lipinski definition) is 7. The molecule has 3 rings (SSSR count). The second-order valence-electron chi connectivity index (χ2n) is 8.47. The van der Waals surface area contributed by atoms with Gasteiger partial charge >= 0.3 is 12.2 Å². The number of carboxylic acid groups (broad SMARTS) is 1. The van der Waals surface area contributed by atoms with Crippen LogP contribution >= 0.6 is 0 Å². The number of methoxy groups -OCH3 is 1. The van der Waals surface area contributed by atoms with Crippen LogP contribution in [0.15, 0.2) is 52.9 Å². The van der Waals surface area contributed by atoms with Crippen LogP contribution in [0.3, 0.4) is 0 Å². The molecular weight excluding hydrogens is 454 g/mol. The fourth-order valence-corrected chi connectivity index (χ4v) is 3.07. The summed E-state index contributed by atoms with van der Waals surface area (Å²) in [6, 6.07) is 14.5. The molecule has 0 aliphatic rings. The summed E-state index contributed by atoms with van der Waals surface area (Å²) in [5.74, 6) is 2.05. The van der Waals surface area contributed by atoms with Gasteiger partial charge in [-0.1, -0.05) is 0 Å². The van der Waals surface area contributed by atoms with Gasteiger partial charge in [0.15, 0.2) is 5.76 Å². The third-order valence-electron chi connectivity index (χ3n) is 4.58. The number of alkyl carbamates (subject to hydrolysis) is 1. The summed E-state index contributed by atoms with van der Waals surface area (Å²) in [6.45, 7) is 5.88. The van der Waals surface area contributed by atoms with Crippen LogP contribution in [0.25, 0.3) is 22.6 Å². The normalized spacial score (nSPS) is 11.0. The van der Waals surface area contributed by atoms with E-state index in [0.717, 1.165) is 11.1 Å². The standard InChI is InChI=1S/C25H29N3O7/c1-25(2,3)35-24(31)26-13-14-33-19-11-7-17(8-12-19)22-21(16-5-9-18(32-4)10-6-16)28-20(34-22)15-27-23(29)30/h5-12,27H,13-15H2,1-4H3,(H,26,31)(H,29,30). The highest BCUT2D eigenvalue weighted by Crippen LogP contribution is 2.34. The molecule has 0 unspecified atom stereocenters. The highest BCUT2D eigenvalue weighted by molar-refractivity contribution is 5.77. The Kier molecular flexibility index (Phi) is 8.19. The summed E-state index contributed by atoms with van der Waals surface area (Å²) in [5.41, 5.74) is 1.55. The van der Waals surface area contributed by atoms with E-state index in [-0.39, 0.29) is 19.0 Å². The summed E-state index contributed by atoms with van der Waals surface area (Å²) in [5, 5.41) is 13.8. The number of amides is 2. The van der Waals surface area contributed by atoms with E-state index in [0.29, 0.717) is 29.5 Å². The lowest BCUT2D eigenvalue weighted by Gasteiger charge is -2.19. The predicted molar refractivity (Wildman–Crippen MR) is 129 cm³/mol. The Morgan fingerprint density at radius 2 is 1.60 bits per heavy atom. The molecule has 10 heteroatoms. The van der Waals surface area contributed by atoms with E-state index in [1.165, 1.54) is 0 Å². The van der Waals surface area contributed by atoms with Crippen LogP contribution in [-0.4, -0.2) is 48.1 Å². The van der Waals surface area contributed by atoms with E-state index < -0.39 is 17.8 Å². The van der Waals surface area contributed by atoms with Crippen molar-refractivity contribution in [2.75, 3.05) is 20.3 Å². The minimum absolute atomic E-state index is 0.0651. The molecule has 0 radical (unpaired) electrons. The van der Waals surface area contributed by atoms with Gasteiger partial charge in [0.05, 0.1) is 20.2 Å². The zero-order chi connectivity index (χ0) is 25.4. The molecule has 0 saturated carbocycles. The molecule has 10 nitrogen and oxygen atoms in total. The highest BCUT2D eigenvalue weighted by atomic mass is 16.6. The summed E-state index contributed by atoms with van der Waals surface area (Å²) >= 11 is 0. The van der Waals surface area contributed by atoms with Crippen LogP contribution in [0, 0.1) is 0 Å². The Bertz CT molecular complexity index is 1130. The fourth-order valence-electron chi connectivity index (χ4n) is 3.07. The molecule has 0 atom stereocenters. The van der Waals surface area contributed by atoms with Crippen molar-refractivity contribution in [3.05, 3.63) is 54.4 Å². The quantitative estimate of drug-likeness (QED) is 0.374. The number of ether oxygens (including phenoxy) is 3. The number of aromatic nitrogens is 1. The topological polar surface area (TPSA) is 132 Å². The first-order valence-corrected chi connectivity index (χ1v) is 11.0. The summed E-state index contributed by atoms with van der Waals surface area (Å²) in [7, 11) is 1.59. The lowest BCUT2D eigenvalue weighted by Crippen LogP contribution is -2.34. The van der Waals surface area contributed by atoms with Crippen molar-refractivity contribution in [2.45, 2.75) is 32.9 Å². The number of nitrogens with one attached hydrogen (secondary N) is 2. The molecule has 1 aromatic heterocycles. The fraction of sp³-hybridized carbons (Fsp3) is 0.320. The number of oxazole rings is 1. The molecule has 1 heterocycles. The first-order valence-electron chi connectivity index (χ1n) is 11.0. The number of nitrogens with zero attached hydrogens (tertiary/aromatic N) is 1. The van der Waals surface area contributed by atoms with E-state index >= 15 is 0 Å². The van der Waals surface area contributed by atoms with Gasteiger partial charge in [-0.15, -0.1) is 0 Å². The highest BCUT2D eigenvalue weighted by Gasteiger charge is 2.18. The zero-order valence-corrected chi connectivity index (χ0v) is 20.1. The Morgan fingerprint density at radius 1 is 0.971 bits per heavy atom.